The average molecular weight is 394 g/mol. The molecular formula is C22H23N3O2S. The van der Waals surface area contributed by atoms with E-state index in [2.05, 4.69) is 29.4 Å². The van der Waals surface area contributed by atoms with E-state index in [9.17, 15) is 9.59 Å². The van der Waals surface area contributed by atoms with Gasteiger partial charge >= 0.3 is 0 Å². The molecular weight excluding hydrogens is 370 g/mol. The lowest BCUT2D eigenvalue weighted by Crippen LogP contribution is -2.21. The predicted molar refractivity (Wildman–Crippen MR) is 117 cm³/mol. The summed E-state index contributed by atoms with van der Waals surface area (Å²) in [6.45, 7) is 6.12. The first kappa shape index (κ1) is 19.6. The number of carbonyl (C=O) groups is 2. The molecule has 2 amide bonds. The highest BCUT2D eigenvalue weighted by atomic mass is 32.1. The molecule has 1 heterocycles. The van der Waals surface area contributed by atoms with Crippen LogP contribution in [0.2, 0.25) is 0 Å². The Morgan fingerprint density at radius 3 is 1.93 bits per heavy atom. The van der Waals surface area contributed by atoms with E-state index >= 15 is 0 Å². The minimum atomic E-state index is -0.188. The average Bonchev–Trinajstić information content (AvgIpc) is 3.26. The first-order valence-electron chi connectivity index (χ1n) is 9.22. The second-order valence-corrected chi connectivity index (χ2v) is 7.13. The van der Waals surface area contributed by atoms with E-state index in [0.717, 1.165) is 24.5 Å². The van der Waals surface area contributed by atoms with Crippen LogP contribution in [0.3, 0.4) is 0 Å². The Kier molecular flexibility index (Phi) is 6.45. The lowest BCUT2D eigenvalue weighted by atomic mass is 10.2. The van der Waals surface area contributed by atoms with Crippen molar-refractivity contribution in [2.45, 2.75) is 13.8 Å². The first-order chi connectivity index (χ1) is 13.6. The van der Waals surface area contributed by atoms with Crippen molar-refractivity contribution >= 4 is 40.2 Å². The van der Waals surface area contributed by atoms with Crippen molar-refractivity contribution in [3.63, 3.8) is 0 Å². The smallest absolute Gasteiger partial charge is 0.265 e. The van der Waals surface area contributed by atoms with Crippen LogP contribution in [0.15, 0.2) is 66.0 Å². The maximum Gasteiger partial charge on any atom is 0.265 e. The van der Waals surface area contributed by atoms with Gasteiger partial charge in [0.2, 0.25) is 0 Å². The number of carbonyl (C=O) groups excluding carboxylic acids is 2. The first-order valence-corrected chi connectivity index (χ1v) is 10.1. The second-order valence-electron chi connectivity index (χ2n) is 6.18. The van der Waals surface area contributed by atoms with Gasteiger partial charge in [-0.3, -0.25) is 9.59 Å². The molecule has 0 aliphatic rings. The standard InChI is InChI=1S/C22H23N3O2S/c1-3-25(4-2)19-13-11-18(12-14-19)23-21(26)16-7-9-17(10-8-16)24-22(27)20-6-5-15-28-20/h5-15H,3-4H2,1-2H3,(H,23,26)(H,24,27). The van der Waals surface area contributed by atoms with E-state index in [-0.39, 0.29) is 11.8 Å². The Morgan fingerprint density at radius 1 is 0.821 bits per heavy atom. The van der Waals surface area contributed by atoms with Crippen LogP contribution < -0.4 is 15.5 Å². The molecule has 0 spiro atoms. The van der Waals surface area contributed by atoms with Crippen LogP contribution in [-0.2, 0) is 0 Å². The molecule has 2 aromatic carbocycles. The second kappa shape index (κ2) is 9.19. The van der Waals surface area contributed by atoms with Crippen molar-refractivity contribution in [3.05, 3.63) is 76.5 Å². The van der Waals surface area contributed by atoms with Gasteiger partial charge in [0.1, 0.15) is 0 Å². The molecule has 28 heavy (non-hydrogen) atoms. The Balaban J connectivity index is 1.61. The van der Waals surface area contributed by atoms with Crippen LogP contribution in [0.25, 0.3) is 0 Å². The molecule has 3 rings (SSSR count). The van der Waals surface area contributed by atoms with Crippen molar-refractivity contribution in [1.82, 2.24) is 0 Å². The van der Waals surface area contributed by atoms with Crippen molar-refractivity contribution in [1.29, 1.82) is 0 Å². The fourth-order valence-corrected chi connectivity index (χ4v) is 3.47. The van der Waals surface area contributed by atoms with Crippen LogP contribution in [0.1, 0.15) is 33.9 Å². The van der Waals surface area contributed by atoms with E-state index in [4.69, 9.17) is 0 Å². The van der Waals surface area contributed by atoms with Gasteiger partial charge < -0.3 is 15.5 Å². The Morgan fingerprint density at radius 2 is 1.39 bits per heavy atom. The fraction of sp³-hybridized carbons (Fsp3) is 0.182. The number of hydrogen-bond acceptors (Lipinski definition) is 4. The monoisotopic (exact) mass is 393 g/mol. The summed E-state index contributed by atoms with van der Waals surface area (Å²) >= 11 is 1.39. The number of hydrogen-bond donors (Lipinski definition) is 2. The molecule has 144 valence electrons. The SMILES string of the molecule is CCN(CC)c1ccc(NC(=O)c2ccc(NC(=O)c3cccs3)cc2)cc1. The third-order valence-electron chi connectivity index (χ3n) is 4.40. The number of thiophene rings is 1. The van der Waals surface area contributed by atoms with Crippen molar-refractivity contribution in [2.75, 3.05) is 28.6 Å². The summed E-state index contributed by atoms with van der Waals surface area (Å²) in [5, 5.41) is 7.58. The maximum absolute atomic E-state index is 12.5. The largest absolute Gasteiger partial charge is 0.372 e. The van der Waals surface area contributed by atoms with E-state index in [0.29, 0.717) is 16.1 Å². The van der Waals surface area contributed by atoms with E-state index < -0.39 is 0 Å². The fourth-order valence-electron chi connectivity index (χ4n) is 2.85. The van der Waals surface area contributed by atoms with Crippen LogP contribution in [0, 0.1) is 0 Å². The molecule has 0 unspecified atom stereocenters. The molecule has 1 aromatic heterocycles. The van der Waals surface area contributed by atoms with E-state index in [1.165, 1.54) is 11.3 Å². The van der Waals surface area contributed by atoms with Crippen LogP contribution in [0.5, 0.6) is 0 Å². The molecule has 0 saturated carbocycles. The number of nitrogens with zero attached hydrogens (tertiary/aromatic N) is 1. The summed E-state index contributed by atoms with van der Waals surface area (Å²) < 4.78 is 0. The quantitative estimate of drug-likeness (QED) is 0.587. The van der Waals surface area contributed by atoms with Crippen molar-refractivity contribution < 1.29 is 9.59 Å². The minimum Gasteiger partial charge on any atom is -0.372 e. The van der Waals surface area contributed by atoms with Gasteiger partial charge in [-0.05, 0) is 73.8 Å². The maximum atomic E-state index is 12.5. The van der Waals surface area contributed by atoms with Gasteiger partial charge in [0.25, 0.3) is 11.8 Å². The third kappa shape index (κ3) is 4.78. The molecule has 0 aliphatic carbocycles. The Labute approximate surface area is 169 Å². The van der Waals surface area contributed by atoms with Crippen LogP contribution >= 0.6 is 11.3 Å². The van der Waals surface area contributed by atoms with Gasteiger partial charge in [-0.25, -0.2) is 0 Å². The molecule has 5 nitrogen and oxygen atoms in total. The molecule has 0 atom stereocenters. The van der Waals surface area contributed by atoms with E-state index in [1.54, 1.807) is 30.3 Å². The summed E-state index contributed by atoms with van der Waals surface area (Å²) in [5.74, 6) is -0.341. The zero-order chi connectivity index (χ0) is 19.9. The lowest BCUT2D eigenvalue weighted by Gasteiger charge is -2.21. The van der Waals surface area contributed by atoms with Gasteiger partial charge in [0.15, 0.2) is 0 Å². The molecule has 0 bridgehead atoms. The van der Waals surface area contributed by atoms with Gasteiger partial charge in [-0.2, -0.15) is 0 Å². The van der Waals surface area contributed by atoms with Gasteiger partial charge in [-0.1, -0.05) is 6.07 Å². The molecule has 3 aromatic rings. The Bertz CT molecular complexity index is 915. The van der Waals surface area contributed by atoms with Gasteiger partial charge in [0.05, 0.1) is 4.88 Å². The summed E-state index contributed by atoms with van der Waals surface area (Å²) in [4.78, 5) is 27.4. The zero-order valence-electron chi connectivity index (χ0n) is 15.9. The minimum absolute atomic E-state index is 0.152. The molecule has 0 saturated heterocycles. The van der Waals surface area contributed by atoms with E-state index in [1.807, 2.05) is 35.7 Å². The number of amides is 2. The summed E-state index contributed by atoms with van der Waals surface area (Å²) in [6, 6.07) is 18.3. The molecule has 0 radical (unpaired) electrons. The van der Waals surface area contributed by atoms with Crippen molar-refractivity contribution in [3.8, 4) is 0 Å². The topological polar surface area (TPSA) is 61.4 Å². The number of benzene rings is 2. The zero-order valence-corrected chi connectivity index (χ0v) is 16.8. The van der Waals surface area contributed by atoms with Gasteiger partial charge in [-0.15, -0.1) is 11.3 Å². The normalized spacial score (nSPS) is 10.4. The molecule has 0 aliphatic heterocycles. The summed E-state index contributed by atoms with van der Waals surface area (Å²) in [7, 11) is 0. The van der Waals surface area contributed by atoms with Crippen LogP contribution in [-0.4, -0.2) is 24.9 Å². The van der Waals surface area contributed by atoms with Gasteiger partial charge in [0, 0.05) is 35.7 Å². The number of nitrogens with one attached hydrogen (secondary N) is 2. The molecule has 2 N–H and O–H groups in total. The highest BCUT2D eigenvalue weighted by molar-refractivity contribution is 7.12. The summed E-state index contributed by atoms with van der Waals surface area (Å²) in [6.07, 6.45) is 0. The predicted octanol–water partition coefficient (Wildman–Crippen LogP) is 5.10. The third-order valence-corrected chi connectivity index (χ3v) is 5.27. The van der Waals surface area contributed by atoms with Crippen molar-refractivity contribution in [2.24, 2.45) is 0 Å². The number of rotatable bonds is 7. The summed E-state index contributed by atoms with van der Waals surface area (Å²) in [5.41, 5.74) is 3.06. The molecule has 0 fully saturated rings. The molecule has 6 heteroatoms. The Hall–Kier alpha value is -3.12. The highest BCUT2D eigenvalue weighted by Crippen LogP contribution is 2.19. The highest BCUT2D eigenvalue weighted by Gasteiger charge is 2.09. The number of anilines is 3. The van der Waals surface area contributed by atoms with Crippen LogP contribution in [0.4, 0.5) is 17.1 Å². The lowest BCUT2D eigenvalue weighted by molar-refractivity contribution is 0.102.